The standard InChI is InChI=1S/C23H27ClFN3O3.C2HF3O2/c1-15-13-28(19(14-31-15)12-16-2-4-17(24)5-3-16)18-7-10-27(11-8-18)22-21(25)20(23(29)30)6-9-26-22;3-2(4,5)1(6)7/h2-6,9,15,18-19H,7-8,10-14H2,1H3,(H,29,30);(H,6,7)/t15-,19-;/m0./s1. The molecule has 38 heavy (non-hydrogen) atoms. The summed E-state index contributed by atoms with van der Waals surface area (Å²) in [7, 11) is 0. The van der Waals surface area contributed by atoms with E-state index in [1.807, 2.05) is 17.0 Å². The lowest BCUT2D eigenvalue weighted by atomic mass is 9.96. The highest BCUT2D eigenvalue weighted by Crippen LogP contribution is 2.28. The van der Waals surface area contributed by atoms with Crippen LogP contribution in [0.3, 0.4) is 0 Å². The number of aromatic nitrogens is 1. The van der Waals surface area contributed by atoms with E-state index in [0.29, 0.717) is 25.7 Å². The lowest BCUT2D eigenvalue weighted by Crippen LogP contribution is -2.56. The average Bonchev–Trinajstić information content (AvgIpc) is 2.86. The second-order valence-electron chi connectivity index (χ2n) is 9.15. The van der Waals surface area contributed by atoms with Crippen molar-refractivity contribution in [1.29, 1.82) is 0 Å². The molecule has 2 aromatic rings. The Bertz CT molecular complexity index is 1110. The van der Waals surface area contributed by atoms with Crippen molar-refractivity contribution in [2.75, 3.05) is 31.1 Å². The van der Waals surface area contributed by atoms with Crippen LogP contribution in [0.2, 0.25) is 5.02 Å². The quantitative estimate of drug-likeness (QED) is 0.514. The van der Waals surface area contributed by atoms with E-state index in [4.69, 9.17) is 26.2 Å². The third-order valence-electron chi connectivity index (χ3n) is 6.47. The maximum absolute atomic E-state index is 14.6. The number of carboxylic acid groups (broad SMARTS) is 2. The van der Waals surface area contributed by atoms with E-state index in [9.17, 15) is 27.5 Å². The lowest BCUT2D eigenvalue weighted by Gasteiger charge is -2.46. The molecular weight excluding hydrogens is 534 g/mol. The van der Waals surface area contributed by atoms with Gasteiger partial charge in [-0.25, -0.2) is 19.0 Å². The van der Waals surface area contributed by atoms with Crippen LogP contribution >= 0.6 is 11.6 Å². The fourth-order valence-corrected chi connectivity index (χ4v) is 4.74. The van der Waals surface area contributed by atoms with Gasteiger partial charge in [0.25, 0.3) is 0 Å². The smallest absolute Gasteiger partial charge is 0.478 e. The molecule has 0 bridgehead atoms. The van der Waals surface area contributed by atoms with Gasteiger partial charge in [0.1, 0.15) is 5.56 Å². The first-order valence-corrected chi connectivity index (χ1v) is 12.3. The van der Waals surface area contributed by atoms with E-state index in [0.717, 1.165) is 30.8 Å². The molecule has 13 heteroatoms. The summed E-state index contributed by atoms with van der Waals surface area (Å²) in [4.78, 5) is 28.6. The summed E-state index contributed by atoms with van der Waals surface area (Å²) >= 11 is 6.02. The predicted octanol–water partition coefficient (Wildman–Crippen LogP) is 4.51. The molecule has 208 valence electrons. The molecule has 8 nitrogen and oxygen atoms in total. The first-order chi connectivity index (χ1) is 17.9. The molecule has 4 rings (SSSR count). The Morgan fingerprint density at radius 1 is 1.13 bits per heavy atom. The van der Waals surface area contributed by atoms with Crippen molar-refractivity contribution in [2.45, 2.75) is 50.6 Å². The van der Waals surface area contributed by atoms with Crippen LogP contribution in [0.15, 0.2) is 36.5 Å². The Kier molecular flexibility index (Phi) is 9.91. The molecule has 0 unspecified atom stereocenters. The van der Waals surface area contributed by atoms with E-state index in [-0.39, 0.29) is 23.5 Å². The summed E-state index contributed by atoms with van der Waals surface area (Å²) in [6.45, 7) is 4.91. The van der Waals surface area contributed by atoms with Gasteiger partial charge in [0.15, 0.2) is 11.6 Å². The summed E-state index contributed by atoms with van der Waals surface area (Å²) in [5, 5.41) is 17.0. The maximum atomic E-state index is 14.6. The molecule has 2 atom stereocenters. The molecule has 0 radical (unpaired) electrons. The van der Waals surface area contributed by atoms with Crippen molar-refractivity contribution < 1.29 is 42.1 Å². The minimum Gasteiger partial charge on any atom is -0.478 e. The molecule has 3 heterocycles. The number of morpholine rings is 1. The number of alkyl halides is 3. The number of carboxylic acids is 2. The highest BCUT2D eigenvalue weighted by molar-refractivity contribution is 6.30. The number of pyridine rings is 1. The lowest BCUT2D eigenvalue weighted by molar-refractivity contribution is -0.192. The molecule has 2 aliphatic heterocycles. The zero-order valence-corrected chi connectivity index (χ0v) is 21.3. The van der Waals surface area contributed by atoms with Gasteiger partial charge < -0.3 is 19.8 Å². The fraction of sp³-hybridized carbons (Fsp3) is 0.480. The number of anilines is 1. The first-order valence-electron chi connectivity index (χ1n) is 11.9. The number of aliphatic carboxylic acids is 1. The number of halogens is 5. The predicted molar refractivity (Wildman–Crippen MR) is 131 cm³/mol. The van der Waals surface area contributed by atoms with Gasteiger partial charge >= 0.3 is 18.1 Å². The van der Waals surface area contributed by atoms with Crippen molar-refractivity contribution >= 4 is 29.4 Å². The number of hydrogen-bond acceptors (Lipinski definition) is 6. The topological polar surface area (TPSA) is 103 Å². The zero-order valence-electron chi connectivity index (χ0n) is 20.5. The number of aromatic carboxylic acids is 1. The van der Waals surface area contributed by atoms with Gasteiger partial charge in [0, 0.05) is 42.9 Å². The molecule has 2 fully saturated rings. The van der Waals surface area contributed by atoms with Crippen LogP contribution < -0.4 is 4.90 Å². The number of ether oxygens (including phenoxy) is 1. The monoisotopic (exact) mass is 561 g/mol. The van der Waals surface area contributed by atoms with Crippen LogP contribution in [-0.2, 0) is 16.0 Å². The zero-order chi connectivity index (χ0) is 28.0. The Hall–Kier alpha value is -2.96. The third kappa shape index (κ3) is 7.78. The second kappa shape index (κ2) is 12.7. The summed E-state index contributed by atoms with van der Waals surface area (Å²) < 4.78 is 52.3. The van der Waals surface area contributed by atoms with Crippen LogP contribution in [-0.4, -0.2) is 82.6 Å². The molecule has 2 saturated heterocycles. The van der Waals surface area contributed by atoms with E-state index in [1.54, 1.807) is 0 Å². The first kappa shape index (κ1) is 29.6. The molecule has 0 saturated carbocycles. The summed E-state index contributed by atoms with van der Waals surface area (Å²) in [6, 6.07) is 9.79. The Morgan fingerprint density at radius 2 is 1.74 bits per heavy atom. The number of hydrogen-bond donors (Lipinski definition) is 2. The number of rotatable bonds is 5. The van der Waals surface area contributed by atoms with Gasteiger partial charge in [-0.2, -0.15) is 13.2 Å². The summed E-state index contributed by atoms with van der Waals surface area (Å²) in [6.07, 6.45) is -0.934. The van der Waals surface area contributed by atoms with E-state index in [2.05, 4.69) is 28.9 Å². The average molecular weight is 562 g/mol. The molecule has 2 aliphatic rings. The van der Waals surface area contributed by atoms with Gasteiger partial charge in [-0.3, -0.25) is 4.90 Å². The van der Waals surface area contributed by atoms with Gasteiger partial charge in [-0.05, 0) is 49.9 Å². The number of nitrogens with zero attached hydrogens (tertiary/aromatic N) is 3. The highest BCUT2D eigenvalue weighted by atomic mass is 35.5. The SMILES string of the molecule is C[C@H]1CN(C2CCN(c3nccc(C(=O)O)c3F)CC2)[C@@H](Cc2ccc(Cl)cc2)CO1.O=C(O)C(F)(F)F. The molecule has 2 N–H and O–H groups in total. The van der Waals surface area contributed by atoms with Crippen molar-refractivity contribution in [3.63, 3.8) is 0 Å². The minimum absolute atomic E-state index is 0.131. The number of piperidine rings is 1. The van der Waals surface area contributed by atoms with E-state index < -0.39 is 23.9 Å². The van der Waals surface area contributed by atoms with Crippen LogP contribution in [0.4, 0.5) is 23.4 Å². The van der Waals surface area contributed by atoms with Gasteiger partial charge in [0.2, 0.25) is 0 Å². The second-order valence-corrected chi connectivity index (χ2v) is 9.58. The maximum Gasteiger partial charge on any atom is 0.490 e. The minimum atomic E-state index is -5.08. The normalized spacial score (nSPS) is 20.9. The largest absolute Gasteiger partial charge is 0.490 e. The van der Waals surface area contributed by atoms with Crippen molar-refractivity contribution in [2.24, 2.45) is 0 Å². The highest BCUT2D eigenvalue weighted by Gasteiger charge is 2.38. The summed E-state index contributed by atoms with van der Waals surface area (Å²) in [5.41, 5.74) is 0.893. The van der Waals surface area contributed by atoms with E-state index in [1.165, 1.54) is 17.8 Å². The molecule has 0 spiro atoms. The molecule has 0 amide bonds. The van der Waals surface area contributed by atoms with E-state index >= 15 is 0 Å². The van der Waals surface area contributed by atoms with Crippen molar-refractivity contribution in [1.82, 2.24) is 9.88 Å². The van der Waals surface area contributed by atoms with Crippen molar-refractivity contribution in [3.05, 3.63) is 58.5 Å². The van der Waals surface area contributed by atoms with Gasteiger partial charge in [-0.15, -0.1) is 0 Å². The van der Waals surface area contributed by atoms with Gasteiger partial charge in [-0.1, -0.05) is 23.7 Å². The Labute approximate surface area is 221 Å². The Balaban J connectivity index is 0.000000505. The van der Waals surface area contributed by atoms with Crippen LogP contribution in [0.1, 0.15) is 35.7 Å². The van der Waals surface area contributed by atoms with Crippen LogP contribution in [0.5, 0.6) is 0 Å². The van der Waals surface area contributed by atoms with Crippen molar-refractivity contribution in [3.8, 4) is 0 Å². The van der Waals surface area contributed by atoms with Crippen LogP contribution in [0.25, 0.3) is 0 Å². The molecular formula is C25H28ClF4N3O5. The fourth-order valence-electron chi connectivity index (χ4n) is 4.61. The number of carbonyl (C=O) groups is 2. The third-order valence-corrected chi connectivity index (χ3v) is 6.72. The van der Waals surface area contributed by atoms with Gasteiger partial charge in [0.05, 0.1) is 12.7 Å². The molecule has 0 aliphatic carbocycles. The number of benzene rings is 1. The summed E-state index contributed by atoms with van der Waals surface area (Å²) in [5.74, 6) is -4.66. The molecule has 1 aromatic heterocycles. The van der Waals surface area contributed by atoms with Crippen LogP contribution in [0, 0.1) is 5.82 Å². The molecule has 1 aromatic carbocycles. The Morgan fingerprint density at radius 3 is 2.29 bits per heavy atom.